The third kappa shape index (κ3) is 18.8. The van der Waals surface area contributed by atoms with Gasteiger partial charge in [0.15, 0.2) is 0 Å². The fourth-order valence-electron chi connectivity index (χ4n) is 7.56. The maximum Gasteiger partial charge on any atom is 0.549 e. The van der Waals surface area contributed by atoms with Crippen molar-refractivity contribution in [2.45, 2.75) is 39.0 Å². The van der Waals surface area contributed by atoms with Gasteiger partial charge in [0.05, 0.1) is 48.7 Å². The molecule has 0 amide bonds. The molecule has 0 aromatic heterocycles. The van der Waals surface area contributed by atoms with Gasteiger partial charge >= 0.3 is 48.5 Å². The maximum atomic E-state index is 13.0. The zero-order valence-corrected chi connectivity index (χ0v) is 51.1. The van der Waals surface area contributed by atoms with E-state index >= 15 is 0 Å². The van der Waals surface area contributed by atoms with Gasteiger partial charge < -0.3 is 18.9 Å². The molecule has 0 bridgehead atoms. The largest absolute Gasteiger partial charge is 0.549 e. The summed E-state index contributed by atoms with van der Waals surface area (Å²) in [6.45, 7) is 36.6. The first-order valence-corrected chi connectivity index (χ1v) is 36.3. The molecule has 2 atom stereocenters. The zero-order chi connectivity index (χ0) is 62.1. The molecule has 20 nitrogen and oxygen atoms in total. The summed E-state index contributed by atoms with van der Waals surface area (Å²) in [4.78, 5) is 140. The van der Waals surface area contributed by atoms with E-state index in [1.807, 2.05) is 49.0 Å². The van der Waals surface area contributed by atoms with Crippen LogP contribution in [-0.4, -0.2) is 107 Å². The molecule has 84 heavy (non-hydrogen) atoms. The Kier molecular flexibility index (Phi) is 25.4. The molecule has 0 aliphatic carbocycles. The molecule has 0 aliphatic rings. The SMILES string of the molecule is C=C[Si](C)(C=C)c1ccc(C(=O)OOC(=O)OCCC(COC(=O)OOC(=O)c2ccc([Si](C)(C=C)C=C)cc2)C(CCOC(=O)OOC(=O)c2ccc([Si](C)(C=C)C=C)cc2)COC(=O)OOC(=O)c2ccc([Si](C)(C=C)C=C)cc2)cc1. The van der Waals surface area contributed by atoms with Crippen LogP contribution in [0.2, 0.25) is 26.2 Å². The van der Waals surface area contributed by atoms with Crippen molar-refractivity contribution in [1.29, 1.82) is 0 Å². The summed E-state index contributed by atoms with van der Waals surface area (Å²) >= 11 is 0. The summed E-state index contributed by atoms with van der Waals surface area (Å²) in [5.41, 5.74) is 14.6. The standard InChI is InChI=1S/C60H66O20Si4/c1-13-81(9,14-2)49-29-21-43(22-30-49)53(61)73-77-57(65)69-39-37-47(41-71-59(67)79-75-55(63)45-25-33-51(34-26-45)83(11,17-5)18-6)48(42-72-60(68)80-76-56(64)46-27-35-52(36-28-46)84(12,19-7)20-8)38-40-70-58(66)78-74-54(62)44-23-31-50(32-24-44)82(10,15-3)16-4/h13-36,47-48H,1-8,37-42H2,9-12H3. The van der Waals surface area contributed by atoms with Crippen LogP contribution < -0.4 is 20.7 Å². The number of hydrogen-bond donors (Lipinski definition) is 0. The molecule has 0 heterocycles. The molecule has 0 N–H and O–H groups in total. The van der Waals surface area contributed by atoms with Crippen LogP contribution in [0.5, 0.6) is 0 Å². The van der Waals surface area contributed by atoms with E-state index in [4.69, 9.17) is 38.5 Å². The molecule has 2 unspecified atom stereocenters. The third-order valence-electron chi connectivity index (χ3n) is 14.0. The highest BCUT2D eigenvalue weighted by atomic mass is 28.3. The van der Waals surface area contributed by atoms with Crippen LogP contribution in [0, 0.1) is 11.8 Å². The lowest BCUT2D eigenvalue weighted by atomic mass is 9.88. The van der Waals surface area contributed by atoms with E-state index in [0.29, 0.717) is 0 Å². The van der Waals surface area contributed by atoms with Gasteiger partial charge in [-0.1, -0.05) is 141 Å². The Hall–Kier alpha value is -9.37. The quantitative estimate of drug-likeness (QED) is 0.0177. The summed E-state index contributed by atoms with van der Waals surface area (Å²) in [6.07, 6.45) is -6.58. The molecule has 0 spiro atoms. The van der Waals surface area contributed by atoms with E-state index in [1.54, 1.807) is 71.3 Å². The highest BCUT2D eigenvalue weighted by Crippen LogP contribution is 2.24. The summed E-state index contributed by atoms with van der Waals surface area (Å²) in [5.74, 6) is -6.36. The van der Waals surface area contributed by atoms with Crippen molar-refractivity contribution in [1.82, 2.24) is 0 Å². The van der Waals surface area contributed by atoms with E-state index in [-0.39, 0.29) is 35.1 Å². The number of benzene rings is 4. The Morgan fingerprint density at radius 2 is 0.512 bits per heavy atom. The fraction of sp³-hybridized carbons (Fsp3) is 0.200. The molecular formula is C60H66O20Si4. The minimum Gasteiger partial charge on any atom is -0.432 e. The number of carbonyl (C=O) groups excluding carboxylic acids is 8. The fourth-order valence-corrected chi connectivity index (χ4v) is 13.7. The zero-order valence-electron chi connectivity index (χ0n) is 47.1. The van der Waals surface area contributed by atoms with Crippen molar-refractivity contribution in [3.63, 3.8) is 0 Å². The van der Waals surface area contributed by atoms with E-state index < -0.39 is 119 Å². The van der Waals surface area contributed by atoms with Crippen LogP contribution in [0.15, 0.2) is 195 Å². The second-order valence-electron chi connectivity index (χ2n) is 19.3. The van der Waals surface area contributed by atoms with Crippen molar-refractivity contribution in [2.24, 2.45) is 11.8 Å². The maximum absolute atomic E-state index is 13.0. The molecule has 4 aromatic rings. The first-order valence-electron chi connectivity index (χ1n) is 25.7. The number of hydrogen-bond acceptors (Lipinski definition) is 20. The second-order valence-corrected chi connectivity index (χ2v) is 35.1. The molecule has 0 fully saturated rings. The van der Waals surface area contributed by atoms with Crippen molar-refractivity contribution < 1.29 is 96.4 Å². The van der Waals surface area contributed by atoms with E-state index in [2.05, 4.69) is 72.2 Å². The van der Waals surface area contributed by atoms with Crippen LogP contribution in [0.25, 0.3) is 0 Å². The minimum absolute atomic E-state index is 0.0142. The lowest BCUT2D eigenvalue weighted by Gasteiger charge is -2.25. The predicted octanol–water partition coefficient (Wildman–Crippen LogP) is 9.64. The minimum atomic E-state index is -2.23. The van der Waals surface area contributed by atoms with Crippen molar-refractivity contribution >= 4 is 102 Å². The monoisotopic (exact) mass is 1220 g/mol. The smallest absolute Gasteiger partial charge is 0.432 e. The van der Waals surface area contributed by atoms with Gasteiger partial charge in [0.25, 0.3) is 0 Å². The molecule has 0 aliphatic heterocycles. The third-order valence-corrected chi connectivity index (χ3v) is 27.1. The van der Waals surface area contributed by atoms with Crippen LogP contribution >= 0.6 is 0 Å². The molecule has 24 heteroatoms. The highest BCUT2D eigenvalue weighted by molar-refractivity contribution is 7.00. The average Bonchev–Trinajstić information content (AvgIpc) is 3.70. The normalized spacial score (nSPS) is 11.8. The van der Waals surface area contributed by atoms with Crippen molar-refractivity contribution in [3.05, 3.63) is 218 Å². The van der Waals surface area contributed by atoms with Gasteiger partial charge in [-0.2, -0.15) is 19.2 Å². The van der Waals surface area contributed by atoms with Gasteiger partial charge in [0.2, 0.25) is 0 Å². The Labute approximate surface area is 490 Å². The van der Waals surface area contributed by atoms with Gasteiger partial charge in [-0.3, -0.25) is 0 Å². The molecule has 0 saturated heterocycles. The van der Waals surface area contributed by atoms with Gasteiger partial charge in [0.1, 0.15) is 32.3 Å². The van der Waals surface area contributed by atoms with E-state index in [0.717, 1.165) is 20.7 Å². The van der Waals surface area contributed by atoms with E-state index in [9.17, 15) is 38.4 Å². The first-order chi connectivity index (χ1) is 40.0. The van der Waals surface area contributed by atoms with E-state index in [1.165, 1.54) is 48.5 Å². The molecule has 0 saturated carbocycles. The van der Waals surface area contributed by atoms with Gasteiger partial charge in [-0.05, 0) is 61.4 Å². The lowest BCUT2D eigenvalue weighted by Crippen LogP contribution is -2.40. The summed E-state index contributed by atoms with van der Waals surface area (Å²) in [6, 6.07) is 25.2. The lowest BCUT2D eigenvalue weighted by molar-refractivity contribution is -0.208. The molecule has 4 rings (SSSR count). The molecule has 0 radical (unpaired) electrons. The number of rotatable bonds is 27. The summed E-state index contributed by atoms with van der Waals surface area (Å²) in [5, 5.41) is 3.57. The van der Waals surface area contributed by atoms with Crippen molar-refractivity contribution in [2.75, 3.05) is 26.4 Å². The molecular weight excluding hydrogens is 1150 g/mol. The number of carbonyl (C=O) groups is 8. The Morgan fingerprint density at radius 1 is 0.321 bits per heavy atom. The van der Waals surface area contributed by atoms with Crippen molar-refractivity contribution in [3.8, 4) is 0 Å². The second kappa shape index (κ2) is 31.7. The van der Waals surface area contributed by atoms with Crippen LogP contribution in [0.4, 0.5) is 19.2 Å². The topological polar surface area (TPSA) is 247 Å². The Morgan fingerprint density at radius 3 is 0.702 bits per heavy atom. The van der Waals surface area contributed by atoms with Gasteiger partial charge in [-0.15, -0.1) is 52.6 Å². The highest BCUT2D eigenvalue weighted by Gasteiger charge is 2.30. The van der Waals surface area contributed by atoms with Crippen LogP contribution in [0.3, 0.4) is 0 Å². The Balaban J connectivity index is 1.51. The van der Waals surface area contributed by atoms with Crippen LogP contribution in [0.1, 0.15) is 54.3 Å². The van der Waals surface area contributed by atoms with Gasteiger partial charge in [-0.25, -0.2) is 58.3 Å². The molecule has 4 aromatic carbocycles. The molecule has 442 valence electrons. The Bertz CT molecular complexity index is 2840. The number of ether oxygens (including phenoxy) is 4. The predicted molar refractivity (Wildman–Crippen MR) is 320 cm³/mol. The van der Waals surface area contributed by atoms with Crippen LogP contribution in [-0.2, 0) is 58.0 Å². The average molecular weight is 1220 g/mol. The summed E-state index contributed by atoms with van der Waals surface area (Å²) in [7, 11) is -8.87. The first kappa shape index (κ1) is 67.1. The summed E-state index contributed by atoms with van der Waals surface area (Å²) < 4.78 is 20.9. The van der Waals surface area contributed by atoms with Gasteiger partial charge in [0, 0.05) is 11.8 Å².